The average molecular weight is 623 g/mol. The predicted octanol–water partition coefficient (Wildman–Crippen LogP) is 5.51. The van der Waals surface area contributed by atoms with Crippen LogP contribution in [0.2, 0.25) is 5.02 Å². The molecule has 0 spiro atoms. The number of carbonyl (C=O) groups is 3. The summed E-state index contributed by atoms with van der Waals surface area (Å²) in [7, 11) is 0. The summed E-state index contributed by atoms with van der Waals surface area (Å²) < 4.78 is 17.8. The van der Waals surface area contributed by atoms with Gasteiger partial charge in [-0.25, -0.2) is 4.79 Å². The number of amides is 2. The number of alkyl carbamates (subject to hydrolysis) is 1. The van der Waals surface area contributed by atoms with Crippen molar-refractivity contribution in [1.29, 1.82) is 0 Å². The Hall–Kier alpha value is -4.38. The largest absolute Gasteiger partial charge is 0.446 e. The molecule has 0 aliphatic heterocycles. The standard InChI is InChI=1S/C32H35ClN4O7/c1-18-25-27(36-44-18)26-22(33)14-9-15-23(26)37(30(25)40)21-13-8-12-20(16-21)35-29(39)28(19-10-6-5-7-11-19)42-24(38)17-34-31(41)43-32(2,3)4/h5-7,9-11,14-15,20-21,28H,8,12-13,16-17H2,1-4H3,(H,34,41)(H,35,39)/t20-,21-,28-/m1/s1. The molecule has 1 saturated carbocycles. The molecule has 5 rings (SSSR count). The topological polar surface area (TPSA) is 142 Å². The molecule has 0 radical (unpaired) electrons. The van der Waals surface area contributed by atoms with Crippen molar-refractivity contribution in [3.63, 3.8) is 0 Å². The number of benzene rings is 2. The van der Waals surface area contributed by atoms with Crippen molar-refractivity contribution >= 4 is 51.4 Å². The fourth-order valence-corrected chi connectivity index (χ4v) is 5.93. The van der Waals surface area contributed by atoms with Crippen molar-refractivity contribution in [3.05, 3.63) is 75.2 Å². The minimum Gasteiger partial charge on any atom is -0.446 e. The molecular weight excluding hydrogens is 588 g/mol. The maximum absolute atomic E-state index is 13.8. The van der Waals surface area contributed by atoms with E-state index in [2.05, 4.69) is 15.8 Å². The van der Waals surface area contributed by atoms with Crippen LogP contribution < -0.4 is 16.2 Å². The first-order chi connectivity index (χ1) is 20.9. The van der Waals surface area contributed by atoms with Crippen LogP contribution >= 0.6 is 11.6 Å². The number of aryl methyl sites for hydroxylation is 1. The molecule has 3 atom stereocenters. The fourth-order valence-electron chi connectivity index (χ4n) is 5.67. The Morgan fingerprint density at radius 2 is 1.84 bits per heavy atom. The van der Waals surface area contributed by atoms with E-state index < -0.39 is 36.2 Å². The molecule has 12 heteroatoms. The van der Waals surface area contributed by atoms with Gasteiger partial charge in [-0.05, 0) is 65.5 Å². The molecule has 0 saturated heterocycles. The van der Waals surface area contributed by atoms with Gasteiger partial charge in [-0.3, -0.25) is 14.4 Å². The number of halogens is 1. The van der Waals surface area contributed by atoms with E-state index in [1.165, 1.54) is 0 Å². The highest BCUT2D eigenvalue weighted by molar-refractivity contribution is 6.37. The van der Waals surface area contributed by atoms with Crippen LogP contribution in [0.15, 0.2) is 57.8 Å². The van der Waals surface area contributed by atoms with E-state index >= 15 is 0 Å². The Labute approximate surface area is 258 Å². The second-order valence-electron chi connectivity index (χ2n) is 11.9. The summed E-state index contributed by atoms with van der Waals surface area (Å²) in [4.78, 5) is 52.1. The molecule has 2 heterocycles. The third kappa shape index (κ3) is 6.72. The molecule has 232 valence electrons. The summed E-state index contributed by atoms with van der Waals surface area (Å²) in [5.41, 5.74) is 0.599. The molecule has 11 nitrogen and oxygen atoms in total. The molecule has 2 amide bonds. The lowest BCUT2D eigenvalue weighted by molar-refractivity contribution is -0.156. The summed E-state index contributed by atoms with van der Waals surface area (Å²) >= 11 is 6.58. The quantitative estimate of drug-likeness (QED) is 0.257. The first kappa shape index (κ1) is 31.1. The first-order valence-electron chi connectivity index (χ1n) is 14.5. The number of carbonyl (C=O) groups excluding carboxylic acids is 3. The number of nitrogens with one attached hydrogen (secondary N) is 2. The first-order valence-corrected chi connectivity index (χ1v) is 14.9. The van der Waals surface area contributed by atoms with E-state index in [1.807, 2.05) is 6.07 Å². The molecule has 2 N–H and O–H groups in total. The molecule has 1 aliphatic rings. The van der Waals surface area contributed by atoms with Gasteiger partial charge in [-0.15, -0.1) is 0 Å². The van der Waals surface area contributed by atoms with Gasteiger partial charge in [0.1, 0.15) is 28.8 Å². The van der Waals surface area contributed by atoms with Crippen LogP contribution in [0, 0.1) is 6.92 Å². The van der Waals surface area contributed by atoms with Gasteiger partial charge in [0.15, 0.2) is 0 Å². The van der Waals surface area contributed by atoms with Crippen molar-refractivity contribution in [2.75, 3.05) is 6.54 Å². The van der Waals surface area contributed by atoms with Gasteiger partial charge in [-0.2, -0.15) is 0 Å². The zero-order chi connectivity index (χ0) is 31.6. The molecule has 2 aromatic carbocycles. The van der Waals surface area contributed by atoms with Gasteiger partial charge < -0.3 is 29.2 Å². The summed E-state index contributed by atoms with van der Waals surface area (Å²) in [6, 6.07) is 13.5. The van der Waals surface area contributed by atoms with Crippen LogP contribution in [0.5, 0.6) is 0 Å². The molecule has 0 bridgehead atoms. The minimum atomic E-state index is -1.25. The van der Waals surface area contributed by atoms with Gasteiger partial charge in [0.2, 0.25) is 6.10 Å². The van der Waals surface area contributed by atoms with Crippen molar-refractivity contribution in [1.82, 2.24) is 20.4 Å². The van der Waals surface area contributed by atoms with Crippen LogP contribution in [-0.2, 0) is 19.1 Å². The van der Waals surface area contributed by atoms with Gasteiger partial charge in [-0.1, -0.05) is 53.2 Å². The van der Waals surface area contributed by atoms with Crippen molar-refractivity contribution < 1.29 is 28.4 Å². The highest BCUT2D eigenvalue weighted by atomic mass is 35.5. The van der Waals surface area contributed by atoms with E-state index in [0.717, 1.165) is 12.8 Å². The van der Waals surface area contributed by atoms with Crippen LogP contribution in [0.3, 0.4) is 0 Å². The Bertz CT molecular complexity index is 1760. The maximum Gasteiger partial charge on any atom is 0.408 e. The predicted molar refractivity (Wildman–Crippen MR) is 164 cm³/mol. The molecule has 1 aliphatic carbocycles. The number of esters is 1. The monoisotopic (exact) mass is 622 g/mol. The lowest BCUT2D eigenvalue weighted by Gasteiger charge is -2.32. The van der Waals surface area contributed by atoms with Gasteiger partial charge >= 0.3 is 12.1 Å². The summed E-state index contributed by atoms with van der Waals surface area (Å²) in [5, 5.41) is 11.0. The molecule has 4 aromatic rings. The number of ether oxygens (including phenoxy) is 2. The number of nitrogens with zero attached hydrogens (tertiary/aromatic N) is 2. The number of rotatable bonds is 7. The average Bonchev–Trinajstić information content (AvgIpc) is 3.36. The Morgan fingerprint density at radius 3 is 2.57 bits per heavy atom. The lowest BCUT2D eigenvalue weighted by atomic mass is 9.89. The fraction of sp³-hybridized carbons (Fsp3) is 0.406. The zero-order valence-corrected chi connectivity index (χ0v) is 25.8. The Morgan fingerprint density at radius 1 is 1.09 bits per heavy atom. The minimum absolute atomic E-state index is 0.223. The molecular formula is C32H35ClN4O7. The molecule has 1 fully saturated rings. The summed E-state index contributed by atoms with van der Waals surface area (Å²) in [5.74, 6) is -0.887. The second-order valence-corrected chi connectivity index (χ2v) is 12.3. The zero-order valence-electron chi connectivity index (χ0n) is 25.0. The number of hydrogen-bond donors (Lipinski definition) is 2. The molecule has 0 unspecified atom stereocenters. The molecule has 2 aromatic heterocycles. The number of fused-ring (bicyclic) bond motifs is 3. The van der Waals surface area contributed by atoms with E-state index in [-0.39, 0.29) is 17.6 Å². The van der Waals surface area contributed by atoms with E-state index in [4.69, 9.17) is 25.6 Å². The highest BCUT2D eigenvalue weighted by Gasteiger charge is 2.32. The third-order valence-corrected chi connectivity index (χ3v) is 7.82. The number of hydrogen-bond acceptors (Lipinski definition) is 8. The second kappa shape index (κ2) is 12.7. The van der Waals surface area contributed by atoms with Crippen LogP contribution in [0.25, 0.3) is 21.8 Å². The lowest BCUT2D eigenvalue weighted by Crippen LogP contribution is -2.44. The summed E-state index contributed by atoms with van der Waals surface area (Å²) in [6.45, 7) is 6.34. The SMILES string of the molecule is Cc1onc2c1c(=O)n([C@@H]1CCC[C@@H](NC(=O)[C@H](OC(=O)CNC(=O)OC(C)(C)C)c3ccccc3)C1)c1cccc(Cl)c21. The van der Waals surface area contributed by atoms with E-state index in [9.17, 15) is 19.2 Å². The van der Waals surface area contributed by atoms with Gasteiger partial charge in [0.25, 0.3) is 11.5 Å². The van der Waals surface area contributed by atoms with Crippen molar-refractivity contribution in [2.45, 2.75) is 77.2 Å². The summed E-state index contributed by atoms with van der Waals surface area (Å²) in [6.07, 6.45) is 0.603. The Balaban J connectivity index is 1.35. The van der Waals surface area contributed by atoms with Crippen molar-refractivity contribution in [2.24, 2.45) is 0 Å². The van der Waals surface area contributed by atoms with Crippen LogP contribution in [0.1, 0.15) is 69.9 Å². The normalized spacial score (nSPS) is 17.7. The number of pyridine rings is 1. The van der Waals surface area contributed by atoms with Gasteiger partial charge in [0, 0.05) is 23.0 Å². The third-order valence-electron chi connectivity index (χ3n) is 7.51. The van der Waals surface area contributed by atoms with E-state index in [1.54, 1.807) is 74.7 Å². The van der Waals surface area contributed by atoms with Crippen LogP contribution in [-0.4, -0.2) is 45.9 Å². The maximum atomic E-state index is 13.8. The molecule has 44 heavy (non-hydrogen) atoms. The number of aromatic nitrogens is 2. The smallest absolute Gasteiger partial charge is 0.408 e. The Kier molecular flexibility index (Phi) is 8.96. The van der Waals surface area contributed by atoms with E-state index in [0.29, 0.717) is 51.0 Å². The highest BCUT2D eigenvalue weighted by Crippen LogP contribution is 2.35. The van der Waals surface area contributed by atoms with Crippen molar-refractivity contribution in [3.8, 4) is 0 Å². The van der Waals surface area contributed by atoms with Crippen LogP contribution in [0.4, 0.5) is 4.79 Å². The van der Waals surface area contributed by atoms with Gasteiger partial charge in [0.05, 0.1) is 10.5 Å².